The van der Waals surface area contributed by atoms with Crippen molar-refractivity contribution in [1.82, 2.24) is 0 Å². The highest BCUT2D eigenvalue weighted by Gasteiger charge is 2.58. The second-order valence-corrected chi connectivity index (χ2v) is 8.69. The fourth-order valence-electron chi connectivity index (χ4n) is 6.89. The van der Waals surface area contributed by atoms with Gasteiger partial charge in [-0.05, 0) is 80.0 Å². The van der Waals surface area contributed by atoms with E-state index in [2.05, 4.69) is 19.9 Å². The van der Waals surface area contributed by atoms with E-state index in [4.69, 9.17) is 0 Å². The first-order chi connectivity index (χ1) is 9.55. The molecule has 0 bridgehead atoms. The Labute approximate surface area is 123 Å². The highest BCUT2D eigenvalue weighted by atomic mass is 16.3. The van der Waals surface area contributed by atoms with Gasteiger partial charge < -0.3 is 5.11 Å². The van der Waals surface area contributed by atoms with Gasteiger partial charge in [0.25, 0.3) is 0 Å². The standard InChI is InChI=1S/C19H30O/c1-18-10-5-7-15(18)14-9-8-13-6-3-4-11-19(13,2)17(14)16(20)12-18/h6,14-17,20H,3-5,7-12H2,1-2H3/t14-,15-,16?,17+,18-,19-/m0/s1. The van der Waals surface area contributed by atoms with Crippen molar-refractivity contribution < 1.29 is 5.11 Å². The molecular weight excluding hydrogens is 244 g/mol. The molecule has 0 aromatic heterocycles. The van der Waals surface area contributed by atoms with Crippen LogP contribution in [0.3, 0.4) is 0 Å². The molecule has 3 fully saturated rings. The lowest BCUT2D eigenvalue weighted by Gasteiger charge is -2.59. The van der Waals surface area contributed by atoms with Crippen LogP contribution in [-0.2, 0) is 0 Å². The molecule has 0 aromatic rings. The number of fused-ring (bicyclic) bond motifs is 5. The van der Waals surface area contributed by atoms with Crippen molar-refractivity contribution >= 4 is 0 Å². The molecule has 0 aromatic carbocycles. The fraction of sp³-hybridized carbons (Fsp3) is 0.895. The zero-order chi connectivity index (χ0) is 14.0. The van der Waals surface area contributed by atoms with Crippen LogP contribution >= 0.6 is 0 Å². The average Bonchev–Trinajstić information content (AvgIpc) is 2.78. The Morgan fingerprint density at radius 2 is 2.00 bits per heavy atom. The molecule has 0 spiro atoms. The molecule has 0 aliphatic heterocycles. The summed E-state index contributed by atoms with van der Waals surface area (Å²) in [6, 6.07) is 0. The number of allylic oxidation sites excluding steroid dienone is 2. The van der Waals surface area contributed by atoms with Gasteiger partial charge in [-0.1, -0.05) is 31.9 Å². The highest BCUT2D eigenvalue weighted by molar-refractivity contribution is 5.24. The van der Waals surface area contributed by atoms with Crippen LogP contribution in [0, 0.1) is 28.6 Å². The van der Waals surface area contributed by atoms with Crippen molar-refractivity contribution in [2.75, 3.05) is 0 Å². The minimum absolute atomic E-state index is 0.0499. The molecule has 1 heteroatoms. The Bertz CT molecular complexity index is 439. The van der Waals surface area contributed by atoms with Crippen LogP contribution in [0.1, 0.15) is 71.6 Å². The Morgan fingerprint density at radius 3 is 2.85 bits per heavy atom. The molecule has 0 saturated heterocycles. The van der Waals surface area contributed by atoms with E-state index in [1.165, 1.54) is 51.4 Å². The van der Waals surface area contributed by atoms with E-state index in [1.807, 2.05) is 0 Å². The van der Waals surface area contributed by atoms with Gasteiger partial charge in [0.05, 0.1) is 6.10 Å². The fourth-order valence-corrected chi connectivity index (χ4v) is 6.89. The second kappa shape index (κ2) is 4.35. The lowest BCUT2D eigenvalue weighted by atomic mass is 9.47. The van der Waals surface area contributed by atoms with Gasteiger partial charge in [0.2, 0.25) is 0 Å². The van der Waals surface area contributed by atoms with Crippen molar-refractivity contribution in [3.8, 4) is 0 Å². The number of rotatable bonds is 0. The van der Waals surface area contributed by atoms with E-state index in [1.54, 1.807) is 5.57 Å². The largest absolute Gasteiger partial charge is 0.393 e. The third-order valence-corrected chi connectivity index (χ3v) is 7.73. The molecule has 6 atom stereocenters. The summed E-state index contributed by atoms with van der Waals surface area (Å²) >= 11 is 0. The quantitative estimate of drug-likeness (QED) is 0.635. The third kappa shape index (κ3) is 1.65. The Hall–Kier alpha value is -0.300. The normalized spacial score (nSPS) is 54.6. The van der Waals surface area contributed by atoms with E-state index in [9.17, 15) is 5.11 Å². The summed E-state index contributed by atoms with van der Waals surface area (Å²) in [5, 5.41) is 11.0. The first-order valence-corrected chi connectivity index (χ1v) is 8.92. The zero-order valence-corrected chi connectivity index (χ0v) is 13.2. The maximum absolute atomic E-state index is 11.0. The molecule has 3 saturated carbocycles. The molecule has 4 aliphatic carbocycles. The summed E-state index contributed by atoms with van der Waals surface area (Å²) in [6.07, 6.45) is 14.3. The topological polar surface area (TPSA) is 20.2 Å². The van der Waals surface area contributed by atoms with Crippen LogP contribution in [0.5, 0.6) is 0 Å². The lowest BCUT2D eigenvalue weighted by molar-refractivity contribution is -0.118. The third-order valence-electron chi connectivity index (χ3n) is 7.73. The van der Waals surface area contributed by atoms with Gasteiger partial charge in [0.15, 0.2) is 0 Å². The molecule has 0 radical (unpaired) electrons. The lowest BCUT2D eigenvalue weighted by Crippen LogP contribution is -2.55. The van der Waals surface area contributed by atoms with E-state index in [-0.39, 0.29) is 6.10 Å². The van der Waals surface area contributed by atoms with Crippen molar-refractivity contribution in [2.24, 2.45) is 28.6 Å². The first-order valence-electron chi connectivity index (χ1n) is 8.92. The van der Waals surface area contributed by atoms with E-state index < -0.39 is 0 Å². The Kier molecular flexibility index (Phi) is 2.91. The van der Waals surface area contributed by atoms with Gasteiger partial charge >= 0.3 is 0 Å². The number of aliphatic hydroxyl groups is 1. The van der Waals surface area contributed by atoms with Crippen LogP contribution in [0.15, 0.2) is 11.6 Å². The smallest absolute Gasteiger partial charge is 0.0584 e. The summed E-state index contributed by atoms with van der Waals surface area (Å²) in [7, 11) is 0. The van der Waals surface area contributed by atoms with E-state index >= 15 is 0 Å². The minimum atomic E-state index is -0.0499. The summed E-state index contributed by atoms with van der Waals surface area (Å²) in [6.45, 7) is 4.95. The van der Waals surface area contributed by atoms with Gasteiger partial charge in [-0.3, -0.25) is 0 Å². The zero-order valence-electron chi connectivity index (χ0n) is 13.2. The first kappa shape index (κ1) is 13.4. The van der Waals surface area contributed by atoms with Crippen LogP contribution < -0.4 is 0 Å². The number of hydrogen-bond donors (Lipinski definition) is 1. The molecule has 4 aliphatic rings. The SMILES string of the molecule is C[C@@]12CCC[C@H]1[C@@H]1CCC3=CCCC[C@]3(C)[C@H]1C(O)C2. The summed E-state index contributed by atoms with van der Waals surface area (Å²) in [5.74, 6) is 2.25. The van der Waals surface area contributed by atoms with E-state index in [0.717, 1.165) is 18.3 Å². The van der Waals surface area contributed by atoms with Crippen LogP contribution in [0.25, 0.3) is 0 Å². The van der Waals surface area contributed by atoms with Crippen molar-refractivity contribution in [2.45, 2.75) is 77.7 Å². The summed E-state index contributed by atoms with van der Waals surface area (Å²) in [4.78, 5) is 0. The molecule has 1 nitrogen and oxygen atoms in total. The van der Waals surface area contributed by atoms with E-state index in [0.29, 0.717) is 16.7 Å². The highest BCUT2D eigenvalue weighted by Crippen LogP contribution is 2.65. The average molecular weight is 274 g/mol. The molecule has 0 amide bonds. The second-order valence-electron chi connectivity index (χ2n) is 8.69. The summed E-state index contributed by atoms with van der Waals surface area (Å²) in [5.41, 5.74) is 2.47. The van der Waals surface area contributed by atoms with Crippen molar-refractivity contribution in [1.29, 1.82) is 0 Å². The Balaban J connectivity index is 1.74. The molecule has 1 unspecified atom stereocenters. The molecule has 4 rings (SSSR count). The molecule has 112 valence electrons. The van der Waals surface area contributed by atoms with Gasteiger partial charge in [-0.25, -0.2) is 0 Å². The summed E-state index contributed by atoms with van der Waals surface area (Å²) < 4.78 is 0. The van der Waals surface area contributed by atoms with Crippen LogP contribution in [0.2, 0.25) is 0 Å². The van der Waals surface area contributed by atoms with Crippen molar-refractivity contribution in [3.63, 3.8) is 0 Å². The Morgan fingerprint density at radius 1 is 1.15 bits per heavy atom. The molecule has 20 heavy (non-hydrogen) atoms. The van der Waals surface area contributed by atoms with Crippen LogP contribution in [0.4, 0.5) is 0 Å². The molecular formula is C19H30O. The number of aliphatic hydroxyl groups excluding tert-OH is 1. The maximum atomic E-state index is 11.0. The predicted octanol–water partition coefficient (Wildman–Crippen LogP) is 4.70. The van der Waals surface area contributed by atoms with Gasteiger partial charge in [0, 0.05) is 0 Å². The monoisotopic (exact) mass is 274 g/mol. The maximum Gasteiger partial charge on any atom is 0.0584 e. The minimum Gasteiger partial charge on any atom is -0.393 e. The van der Waals surface area contributed by atoms with Crippen molar-refractivity contribution in [3.05, 3.63) is 11.6 Å². The predicted molar refractivity (Wildman–Crippen MR) is 82.3 cm³/mol. The van der Waals surface area contributed by atoms with Crippen LogP contribution in [-0.4, -0.2) is 11.2 Å². The molecule has 0 heterocycles. The van der Waals surface area contributed by atoms with Gasteiger partial charge in [-0.15, -0.1) is 0 Å². The van der Waals surface area contributed by atoms with Gasteiger partial charge in [-0.2, -0.15) is 0 Å². The number of hydrogen-bond acceptors (Lipinski definition) is 1. The molecule has 1 N–H and O–H groups in total. The van der Waals surface area contributed by atoms with Gasteiger partial charge in [0.1, 0.15) is 0 Å².